The Kier molecular flexibility index (Phi) is 5.83. The third-order valence-electron chi connectivity index (χ3n) is 3.84. The Morgan fingerprint density at radius 3 is 2.68 bits per heavy atom. The van der Waals surface area contributed by atoms with Crippen molar-refractivity contribution in [1.29, 1.82) is 0 Å². The highest BCUT2D eigenvalue weighted by Crippen LogP contribution is 2.16. The summed E-state index contributed by atoms with van der Waals surface area (Å²) in [4.78, 5) is 2.53. The highest BCUT2D eigenvalue weighted by atomic mass is 16.5. The summed E-state index contributed by atoms with van der Waals surface area (Å²) < 4.78 is 5.42. The first kappa shape index (κ1) is 14.5. The van der Waals surface area contributed by atoms with Crippen molar-refractivity contribution >= 4 is 0 Å². The summed E-state index contributed by atoms with van der Waals surface area (Å²) in [6.07, 6.45) is 2.79. The molecule has 1 aromatic carbocycles. The SMILES string of the molecule is CCNCc1cccc(CN2CCC(OC)CC2)c1. The molecule has 0 aliphatic carbocycles. The molecule has 1 heterocycles. The molecular formula is C16H26N2O. The standard InChI is InChI=1S/C16H26N2O/c1-3-17-12-14-5-4-6-15(11-14)13-18-9-7-16(19-2)8-10-18/h4-6,11,16-17H,3,7-10,12-13H2,1-2H3. The van der Waals surface area contributed by atoms with Crippen LogP contribution in [0.5, 0.6) is 0 Å². The van der Waals surface area contributed by atoms with Crippen molar-refractivity contribution in [3.8, 4) is 0 Å². The van der Waals surface area contributed by atoms with Crippen molar-refractivity contribution in [2.45, 2.75) is 39.0 Å². The van der Waals surface area contributed by atoms with Gasteiger partial charge in [0.05, 0.1) is 6.10 Å². The van der Waals surface area contributed by atoms with Crippen molar-refractivity contribution in [3.63, 3.8) is 0 Å². The van der Waals surface area contributed by atoms with E-state index in [9.17, 15) is 0 Å². The molecule has 3 nitrogen and oxygen atoms in total. The Morgan fingerprint density at radius 1 is 1.26 bits per heavy atom. The Bertz CT molecular complexity index is 373. The quantitative estimate of drug-likeness (QED) is 0.852. The lowest BCUT2D eigenvalue weighted by molar-refractivity contribution is 0.0388. The summed E-state index contributed by atoms with van der Waals surface area (Å²) in [6.45, 7) is 7.50. The lowest BCUT2D eigenvalue weighted by Gasteiger charge is -2.31. The van der Waals surface area contributed by atoms with Crippen molar-refractivity contribution in [3.05, 3.63) is 35.4 Å². The molecule has 19 heavy (non-hydrogen) atoms. The Balaban J connectivity index is 1.85. The first-order valence-electron chi connectivity index (χ1n) is 7.35. The average Bonchev–Trinajstić information content (AvgIpc) is 2.46. The maximum Gasteiger partial charge on any atom is 0.0595 e. The van der Waals surface area contributed by atoms with Crippen LogP contribution >= 0.6 is 0 Å². The predicted molar refractivity (Wildman–Crippen MR) is 79.1 cm³/mol. The third kappa shape index (κ3) is 4.60. The van der Waals surface area contributed by atoms with E-state index in [1.165, 1.54) is 11.1 Å². The van der Waals surface area contributed by atoms with Gasteiger partial charge in [-0.25, -0.2) is 0 Å². The van der Waals surface area contributed by atoms with E-state index < -0.39 is 0 Å². The van der Waals surface area contributed by atoms with E-state index in [-0.39, 0.29) is 0 Å². The van der Waals surface area contributed by atoms with Gasteiger partial charge in [-0.05, 0) is 30.5 Å². The van der Waals surface area contributed by atoms with E-state index in [0.29, 0.717) is 6.10 Å². The van der Waals surface area contributed by atoms with E-state index in [1.807, 2.05) is 7.11 Å². The summed E-state index contributed by atoms with van der Waals surface area (Å²) in [5, 5.41) is 3.38. The Morgan fingerprint density at radius 2 is 2.00 bits per heavy atom. The van der Waals surface area contributed by atoms with Gasteiger partial charge < -0.3 is 10.1 Å². The van der Waals surface area contributed by atoms with Crippen LogP contribution < -0.4 is 5.32 Å². The topological polar surface area (TPSA) is 24.5 Å². The molecule has 1 saturated heterocycles. The summed E-state index contributed by atoms with van der Waals surface area (Å²) in [7, 11) is 1.82. The van der Waals surface area contributed by atoms with Gasteiger partial charge in [-0.2, -0.15) is 0 Å². The average molecular weight is 262 g/mol. The van der Waals surface area contributed by atoms with Crippen LogP contribution in [0.4, 0.5) is 0 Å². The number of likely N-dealkylation sites (tertiary alicyclic amines) is 1. The first-order chi connectivity index (χ1) is 9.31. The molecule has 0 saturated carbocycles. The molecule has 0 radical (unpaired) electrons. The van der Waals surface area contributed by atoms with Crippen LogP contribution in [0.15, 0.2) is 24.3 Å². The normalized spacial score (nSPS) is 17.8. The fraction of sp³-hybridized carbons (Fsp3) is 0.625. The van der Waals surface area contributed by atoms with Crippen molar-refractivity contribution < 1.29 is 4.74 Å². The lowest BCUT2D eigenvalue weighted by atomic mass is 10.1. The number of piperidine rings is 1. The lowest BCUT2D eigenvalue weighted by Crippen LogP contribution is -2.36. The van der Waals surface area contributed by atoms with Crippen LogP contribution in [0.1, 0.15) is 30.9 Å². The van der Waals surface area contributed by atoms with Gasteiger partial charge in [0.1, 0.15) is 0 Å². The minimum absolute atomic E-state index is 0.469. The highest BCUT2D eigenvalue weighted by molar-refractivity contribution is 5.23. The van der Waals surface area contributed by atoms with Crippen molar-refractivity contribution in [2.24, 2.45) is 0 Å². The number of ether oxygens (including phenoxy) is 1. The largest absolute Gasteiger partial charge is 0.381 e. The highest BCUT2D eigenvalue weighted by Gasteiger charge is 2.18. The fourth-order valence-electron chi connectivity index (χ4n) is 2.67. The molecule has 0 atom stereocenters. The minimum Gasteiger partial charge on any atom is -0.381 e. The molecule has 1 aliphatic heterocycles. The number of hydrogen-bond donors (Lipinski definition) is 1. The summed E-state index contributed by atoms with van der Waals surface area (Å²) in [5.74, 6) is 0. The summed E-state index contributed by atoms with van der Waals surface area (Å²) in [6, 6.07) is 8.93. The van der Waals surface area contributed by atoms with Crippen LogP contribution in [0.3, 0.4) is 0 Å². The summed E-state index contributed by atoms with van der Waals surface area (Å²) >= 11 is 0. The van der Waals surface area contributed by atoms with Gasteiger partial charge in [-0.1, -0.05) is 31.2 Å². The van der Waals surface area contributed by atoms with E-state index in [4.69, 9.17) is 4.74 Å². The molecule has 0 unspecified atom stereocenters. The van der Waals surface area contributed by atoms with E-state index in [0.717, 1.165) is 45.6 Å². The zero-order valence-corrected chi connectivity index (χ0v) is 12.2. The molecule has 1 fully saturated rings. The summed E-state index contributed by atoms with van der Waals surface area (Å²) in [5.41, 5.74) is 2.80. The molecule has 0 amide bonds. The molecule has 0 spiro atoms. The zero-order valence-electron chi connectivity index (χ0n) is 12.2. The van der Waals surface area contributed by atoms with Gasteiger partial charge >= 0.3 is 0 Å². The molecule has 1 aromatic rings. The van der Waals surface area contributed by atoms with Crippen molar-refractivity contribution in [2.75, 3.05) is 26.7 Å². The second-order valence-electron chi connectivity index (χ2n) is 5.31. The minimum atomic E-state index is 0.469. The van der Waals surface area contributed by atoms with Crippen LogP contribution in [0.2, 0.25) is 0 Å². The van der Waals surface area contributed by atoms with Gasteiger partial charge in [-0.3, -0.25) is 4.90 Å². The number of methoxy groups -OCH3 is 1. The molecule has 1 N–H and O–H groups in total. The zero-order chi connectivity index (χ0) is 13.5. The number of rotatable bonds is 6. The second-order valence-corrected chi connectivity index (χ2v) is 5.31. The second kappa shape index (κ2) is 7.63. The van der Waals surface area contributed by atoms with Crippen molar-refractivity contribution in [1.82, 2.24) is 10.2 Å². The molecular weight excluding hydrogens is 236 g/mol. The maximum absolute atomic E-state index is 5.42. The number of hydrogen-bond acceptors (Lipinski definition) is 3. The number of nitrogens with one attached hydrogen (secondary N) is 1. The van der Waals surface area contributed by atoms with Gasteiger partial charge in [0.2, 0.25) is 0 Å². The smallest absolute Gasteiger partial charge is 0.0595 e. The fourth-order valence-corrected chi connectivity index (χ4v) is 2.67. The Hall–Kier alpha value is -0.900. The molecule has 2 rings (SSSR count). The van der Waals surface area contributed by atoms with Crippen LogP contribution in [-0.2, 0) is 17.8 Å². The van der Waals surface area contributed by atoms with E-state index in [1.54, 1.807) is 0 Å². The maximum atomic E-state index is 5.42. The van der Waals surface area contributed by atoms with Crippen LogP contribution in [-0.4, -0.2) is 37.7 Å². The van der Waals surface area contributed by atoms with Crippen LogP contribution in [0.25, 0.3) is 0 Å². The number of nitrogens with zero attached hydrogens (tertiary/aromatic N) is 1. The van der Waals surface area contributed by atoms with Gasteiger partial charge in [0, 0.05) is 33.3 Å². The van der Waals surface area contributed by atoms with E-state index in [2.05, 4.69) is 41.4 Å². The molecule has 0 aromatic heterocycles. The molecule has 106 valence electrons. The van der Waals surface area contributed by atoms with Crippen LogP contribution in [0, 0.1) is 0 Å². The van der Waals surface area contributed by atoms with Gasteiger partial charge in [-0.15, -0.1) is 0 Å². The van der Waals surface area contributed by atoms with E-state index >= 15 is 0 Å². The number of benzene rings is 1. The predicted octanol–water partition coefficient (Wildman–Crippen LogP) is 2.41. The monoisotopic (exact) mass is 262 g/mol. The first-order valence-corrected chi connectivity index (χ1v) is 7.35. The Labute approximate surface area is 116 Å². The molecule has 1 aliphatic rings. The van der Waals surface area contributed by atoms with Gasteiger partial charge in [0.25, 0.3) is 0 Å². The third-order valence-corrected chi connectivity index (χ3v) is 3.84. The van der Waals surface area contributed by atoms with Gasteiger partial charge in [0.15, 0.2) is 0 Å². The molecule has 0 bridgehead atoms. The molecule has 3 heteroatoms.